The van der Waals surface area contributed by atoms with E-state index in [1.165, 1.54) is 6.92 Å². The lowest BCUT2D eigenvalue weighted by atomic mass is 9.95. The van der Waals surface area contributed by atoms with Gasteiger partial charge in [-0.3, -0.25) is 9.59 Å². The number of methoxy groups -OCH3 is 2. The maximum absolute atomic E-state index is 14.1. The Labute approximate surface area is 225 Å². The number of anilines is 1. The molecule has 0 saturated carbocycles. The Balaban J connectivity index is 1.47. The number of Topliss-reactive ketones (excluding diaryl/α,β-unsaturated/α-hetero) is 2. The van der Waals surface area contributed by atoms with E-state index in [1.807, 2.05) is 82.7 Å². The van der Waals surface area contributed by atoms with Crippen molar-refractivity contribution in [1.29, 1.82) is 0 Å². The maximum atomic E-state index is 14.1. The fraction of sp³-hybridized carbons (Fsp3) is 0.200. The number of hydrogen-bond donors (Lipinski definition) is 0. The van der Waals surface area contributed by atoms with Gasteiger partial charge in [0.15, 0.2) is 29.3 Å². The first-order valence-corrected chi connectivity index (χ1v) is 12.6. The molecule has 2 aliphatic heterocycles. The van der Waals surface area contributed by atoms with Crippen LogP contribution in [0.25, 0.3) is 5.69 Å². The summed E-state index contributed by atoms with van der Waals surface area (Å²) in [6, 6.07) is 23.1. The summed E-state index contributed by atoms with van der Waals surface area (Å²) in [4.78, 5) is 28.7. The third-order valence-electron chi connectivity index (χ3n) is 7.08. The number of ketones is 2. The van der Waals surface area contributed by atoms with Gasteiger partial charge in [-0.2, -0.15) is 5.10 Å². The summed E-state index contributed by atoms with van der Waals surface area (Å²) in [6.45, 7) is 1.98. The molecule has 0 aliphatic carbocycles. The number of carbonyl (C=O) groups excluding carboxylic acids is 2. The lowest BCUT2D eigenvalue weighted by Gasteiger charge is -2.37. The van der Waals surface area contributed by atoms with E-state index < -0.39 is 0 Å². The van der Waals surface area contributed by atoms with Crippen molar-refractivity contribution in [3.8, 4) is 17.2 Å². The number of aromatic nitrogens is 2. The van der Waals surface area contributed by atoms with Gasteiger partial charge in [0.1, 0.15) is 5.69 Å². The molecule has 3 heterocycles. The number of rotatable bonds is 7. The summed E-state index contributed by atoms with van der Waals surface area (Å²) in [6.07, 6.45) is 1.92. The maximum Gasteiger partial charge on any atom is 0.233 e. The van der Waals surface area contributed by atoms with Crippen LogP contribution in [0.4, 0.5) is 5.69 Å². The molecule has 3 aromatic carbocycles. The molecule has 0 amide bonds. The summed E-state index contributed by atoms with van der Waals surface area (Å²) in [5.74, 6) is 0.887. The van der Waals surface area contributed by atoms with Crippen LogP contribution in [0.3, 0.4) is 0 Å². The highest BCUT2D eigenvalue weighted by molar-refractivity contribution is 6.46. The molecule has 0 spiro atoms. The SMILES string of the molecule is COc1cc2c(cc1OC)C1N(CC2)C(C(=O)c2cn(-c3ccccc3)nc2C(C)=O)=NN1c1ccccc1. The molecule has 0 fully saturated rings. The van der Waals surface area contributed by atoms with E-state index in [-0.39, 0.29) is 34.8 Å². The summed E-state index contributed by atoms with van der Waals surface area (Å²) in [5.41, 5.74) is 4.00. The van der Waals surface area contributed by atoms with E-state index >= 15 is 0 Å². The molecule has 1 atom stereocenters. The minimum absolute atomic E-state index is 0.116. The summed E-state index contributed by atoms with van der Waals surface area (Å²) in [5, 5.41) is 11.2. The second kappa shape index (κ2) is 9.75. The Morgan fingerprint density at radius 3 is 2.18 bits per heavy atom. The fourth-order valence-corrected chi connectivity index (χ4v) is 5.21. The molecule has 0 N–H and O–H groups in total. The van der Waals surface area contributed by atoms with Gasteiger partial charge in [-0.05, 0) is 48.4 Å². The monoisotopic (exact) mass is 521 g/mol. The Bertz CT molecular complexity index is 1600. The van der Waals surface area contributed by atoms with Crippen molar-refractivity contribution >= 4 is 23.1 Å². The van der Waals surface area contributed by atoms with E-state index in [1.54, 1.807) is 25.1 Å². The Morgan fingerprint density at radius 1 is 0.897 bits per heavy atom. The molecule has 9 heteroatoms. The average molecular weight is 522 g/mol. The number of ether oxygens (including phenoxy) is 2. The molecule has 9 nitrogen and oxygen atoms in total. The number of para-hydroxylation sites is 2. The number of benzene rings is 3. The molecule has 6 rings (SSSR count). The van der Waals surface area contributed by atoms with Crippen LogP contribution in [-0.4, -0.2) is 52.8 Å². The zero-order valence-electron chi connectivity index (χ0n) is 21.9. The van der Waals surface area contributed by atoms with Gasteiger partial charge in [-0.25, -0.2) is 9.69 Å². The molecule has 2 aliphatic rings. The van der Waals surface area contributed by atoms with Crippen LogP contribution in [-0.2, 0) is 6.42 Å². The zero-order chi connectivity index (χ0) is 27.1. The van der Waals surface area contributed by atoms with Crippen LogP contribution in [0, 0.1) is 0 Å². The molecule has 0 bridgehead atoms. The predicted molar refractivity (Wildman–Crippen MR) is 147 cm³/mol. The number of fused-ring (bicyclic) bond motifs is 3. The zero-order valence-corrected chi connectivity index (χ0v) is 21.9. The highest BCUT2D eigenvalue weighted by atomic mass is 16.5. The van der Waals surface area contributed by atoms with E-state index in [2.05, 4.69) is 5.10 Å². The Morgan fingerprint density at radius 2 is 1.54 bits per heavy atom. The third kappa shape index (κ3) is 4.12. The number of nitrogens with zero attached hydrogens (tertiary/aromatic N) is 5. The van der Waals surface area contributed by atoms with Crippen molar-refractivity contribution in [3.05, 3.63) is 101 Å². The van der Waals surface area contributed by atoms with E-state index in [0.29, 0.717) is 24.5 Å². The molecular weight excluding hydrogens is 494 g/mol. The summed E-state index contributed by atoms with van der Waals surface area (Å²) >= 11 is 0. The molecule has 0 saturated heterocycles. The van der Waals surface area contributed by atoms with Gasteiger partial charge in [0.2, 0.25) is 5.78 Å². The summed E-state index contributed by atoms with van der Waals surface area (Å²) in [7, 11) is 3.22. The lowest BCUT2D eigenvalue weighted by Crippen LogP contribution is -2.43. The van der Waals surface area contributed by atoms with Crippen LogP contribution in [0.1, 0.15) is 45.1 Å². The van der Waals surface area contributed by atoms with Crippen molar-refractivity contribution in [3.63, 3.8) is 0 Å². The van der Waals surface area contributed by atoms with Crippen molar-refractivity contribution in [2.75, 3.05) is 25.8 Å². The van der Waals surface area contributed by atoms with Gasteiger partial charge in [-0.15, -0.1) is 5.10 Å². The average Bonchev–Trinajstić information content (AvgIpc) is 3.60. The smallest absolute Gasteiger partial charge is 0.233 e. The van der Waals surface area contributed by atoms with Crippen LogP contribution in [0.2, 0.25) is 0 Å². The predicted octanol–water partition coefficient (Wildman–Crippen LogP) is 4.67. The van der Waals surface area contributed by atoms with Gasteiger partial charge in [-0.1, -0.05) is 36.4 Å². The van der Waals surface area contributed by atoms with Crippen molar-refractivity contribution in [2.24, 2.45) is 5.10 Å². The molecule has 196 valence electrons. The highest BCUT2D eigenvalue weighted by Gasteiger charge is 2.44. The minimum atomic E-state index is -0.375. The minimum Gasteiger partial charge on any atom is -0.493 e. The van der Waals surface area contributed by atoms with Crippen LogP contribution >= 0.6 is 0 Å². The number of carbonyl (C=O) groups is 2. The molecular formula is C30H27N5O4. The Kier molecular flexibility index (Phi) is 6.11. The van der Waals surface area contributed by atoms with Crippen LogP contribution in [0.5, 0.6) is 11.5 Å². The van der Waals surface area contributed by atoms with E-state index in [9.17, 15) is 9.59 Å². The van der Waals surface area contributed by atoms with Gasteiger partial charge < -0.3 is 14.4 Å². The van der Waals surface area contributed by atoms with E-state index in [0.717, 1.165) is 22.5 Å². The highest BCUT2D eigenvalue weighted by Crippen LogP contribution is 2.44. The van der Waals surface area contributed by atoms with Crippen LogP contribution in [0.15, 0.2) is 84.1 Å². The molecule has 39 heavy (non-hydrogen) atoms. The molecule has 1 aromatic heterocycles. The third-order valence-corrected chi connectivity index (χ3v) is 7.08. The molecule has 0 radical (unpaired) electrons. The van der Waals surface area contributed by atoms with Crippen LogP contribution < -0.4 is 14.5 Å². The lowest BCUT2D eigenvalue weighted by molar-refractivity contribution is 0.0990. The number of hydrazone groups is 1. The quantitative estimate of drug-likeness (QED) is 0.327. The molecule has 4 aromatic rings. The first-order valence-electron chi connectivity index (χ1n) is 12.6. The standard InChI is InChI=1S/C30H27N5O4/c1-19(36)27-24(18-34(31-27)21-10-6-4-7-11-21)28(37)29-32-35(22-12-8-5-9-13-22)30-23-17-26(39-3)25(38-2)16-20(23)14-15-33(29)30/h4-13,16-18,30H,14-15H2,1-3H3. The first-order chi connectivity index (χ1) is 19.0. The largest absolute Gasteiger partial charge is 0.493 e. The normalized spacial score (nSPS) is 15.9. The second-order valence-corrected chi connectivity index (χ2v) is 9.38. The van der Waals surface area contributed by atoms with E-state index in [4.69, 9.17) is 14.6 Å². The van der Waals surface area contributed by atoms with Gasteiger partial charge in [0.05, 0.1) is 31.2 Å². The topological polar surface area (TPSA) is 89.3 Å². The van der Waals surface area contributed by atoms with Gasteiger partial charge in [0, 0.05) is 25.2 Å². The van der Waals surface area contributed by atoms with Crippen molar-refractivity contribution in [1.82, 2.24) is 14.7 Å². The van der Waals surface area contributed by atoms with Gasteiger partial charge in [0.25, 0.3) is 0 Å². The second-order valence-electron chi connectivity index (χ2n) is 9.38. The Hall–Kier alpha value is -4.92. The van der Waals surface area contributed by atoms with Crippen molar-refractivity contribution in [2.45, 2.75) is 19.5 Å². The first kappa shape index (κ1) is 24.4. The fourth-order valence-electron chi connectivity index (χ4n) is 5.21. The van der Waals surface area contributed by atoms with Crippen molar-refractivity contribution < 1.29 is 19.1 Å². The van der Waals surface area contributed by atoms with Gasteiger partial charge >= 0.3 is 0 Å². The number of hydrogen-bond acceptors (Lipinski definition) is 8. The number of amidine groups is 1. The summed E-state index contributed by atoms with van der Waals surface area (Å²) < 4.78 is 12.7. The molecule has 1 unspecified atom stereocenters.